The SMILES string of the molecule is CC(C)C(CC(=O)O)n1nnnc1CC1CCC1. The Bertz CT molecular complexity index is 412. The van der Waals surface area contributed by atoms with Gasteiger partial charge in [-0.25, -0.2) is 4.68 Å². The Labute approximate surface area is 106 Å². The van der Waals surface area contributed by atoms with Crippen molar-refractivity contribution in [2.24, 2.45) is 11.8 Å². The largest absolute Gasteiger partial charge is 0.481 e. The Morgan fingerprint density at radius 1 is 1.50 bits per heavy atom. The highest BCUT2D eigenvalue weighted by Crippen LogP contribution is 2.30. The van der Waals surface area contributed by atoms with Crippen molar-refractivity contribution in [3.63, 3.8) is 0 Å². The van der Waals surface area contributed by atoms with Gasteiger partial charge in [-0.15, -0.1) is 5.10 Å². The fraction of sp³-hybridized carbons (Fsp3) is 0.833. The molecule has 0 amide bonds. The predicted molar refractivity (Wildman–Crippen MR) is 65.0 cm³/mol. The first-order valence-corrected chi connectivity index (χ1v) is 6.56. The third-order valence-electron chi connectivity index (χ3n) is 3.72. The number of carboxylic acids is 1. The summed E-state index contributed by atoms with van der Waals surface area (Å²) in [5.41, 5.74) is 0. The maximum Gasteiger partial charge on any atom is 0.305 e. The minimum absolute atomic E-state index is 0.0698. The fourth-order valence-corrected chi connectivity index (χ4v) is 2.34. The molecule has 1 aliphatic carbocycles. The van der Waals surface area contributed by atoms with E-state index in [1.807, 2.05) is 13.8 Å². The number of carbonyl (C=O) groups is 1. The van der Waals surface area contributed by atoms with Crippen molar-refractivity contribution in [1.29, 1.82) is 0 Å². The Morgan fingerprint density at radius 3 is 2.72 bits per heavy atom. The van der Waals surface area contributed by atoms with E-state index in [0.29, 0.717) is 5.92 Å². The summed E-state index contributed by atoms with van der Waals surface area (Å²) in [5, 5.41) is 20.7. The van der Waals surface area contributed by atoms with Crippen LogP contribution in [0.15, 0.2) is 0 Å². The second-order valence-electron chi connectivity index (χ2n) is 5.45. The maximum absolute atomic E-state index is 10.9. The molecule has 1 aromatic rings. The van der Waals surface area contributed by atoms with E-state index in [4.69, 9.17) is 5.11 Å². The molecule has 0 radical (unpaired) electrons. The van der Waals surface area contributed by atoms with Gasteiger partial charge < -0.3 is 5.11 Å². The van der Waals surface area contributed by atoms with E-state index in [1.54, 1.807) is 4.68 Å². The molecule has 1 aliphatic rings. The summed E-state index contributed by atoms with van der Waals surface area (Å²) >= 11 is 0. The molecule has 1 saturated carbocycles. The number of hydrogen-bond donors (Lipinski definition) is 1. The zero-order valence-corrected chi connectivity index (χ0v) is 10.9. The van der Waals surface area contributed by atoms with Gasteiger partial charge in [0, 0.05) is 6.42 Å². The quantitative estimate of drug-likeness (QED) is 0.833. The molecule has 1 heterocycles. The molecule has 2 rings (SSSR count). The minimum atomic E-state index is -0.807. The molecule has 6 heteroatoms. The van der Waals surface area contributed by atoms with Crippen LogP contribution in [0.5, 0.6) is 0 Å². The van der Waals surface area contributed by atoms with E-state index in [2.05, 4.69) is 15.5 Å². The number of aliphatic carboxylic acids is 1. The molecule has 1 N–H and O–H groups in total. The van der Waals surface area contributed by atoms with Crippen LogP contribution in [0.25, 0.3) is 0 Å². The summed E-state index contributed by atoms with van der Waals surface area (Å²) in [6.45, 7) is 4.00. The van der Waals surface area contributed by atoms with Crippen molar-refractivity contribution in [2.45, 2.75) is 52.0 Å². The number of carboxylic acid groups (broad SMARTS) is 1. The van der Waals surface area contributed by atoms with Crippen molar-refractivity contribution >= 4 is 5.97 Å². The molecule has 0 bridgehead atoms. The van der Waals surface area contributed by atoms with Gasteiger partial charge in [0.25, 0.3) is 0 Å². The molecular weight excluding hydrogens is 232 g/mol. The lowest BCUT2D eigenvalue weighted by atomic mass is 9.83. The summed E-state index contributed by atoms with van der Waals surface area (Å²) in [4.78, 5) is 10.9. The van der Waals surface area contributed by atoms with Crippen LogP contribution in [0.2, 0.25) is 0 Å². The molecule has 18 heavy (non-hydrogen) atoms. The van der Waals surface area contributed by atoms with Crippen molar-refractivity contribution in [1.82, 2.24) is 20.2 Å². The predicted octanol–water partition coefficient (Wildman–Crippen LogP) is 1.69. The van der Waals surface area contributed by atoms with Gasteiger partial charge in [-0.1, -0.05) is 33.1 Å². The van der Waals surface area contributed by atoms with Gasteiger partial charge in [-0.3, -0.25) is 4.79 Å². The highest BCUT2D eigenvalue weighted by atomic mass is 16.4. The smallest absolute Gasteiger partial charge is 0.305 e. The lowest BCUT2D eigenvalue weighted by molar-refractivity contribution is -0.138. The van der Waals surface area contributed by atoms with Crippen molar-refractivity contribution in [2.75, 3.05) is 0 Å². The molecule has 100 valence electrons. The van der Waals surface area contributed by atoms with E-state index in [-0.39, 0.29) is 18.4 Å². The third kappa shape index (κ3) is 2.86. The van der Waals surface area contributed by atoms with E-state index in [0.717, 1.165) is 12.2 Å². The highest BCUT2D eigenvalue weighted by molar-refractivity contribution is 5.67. The van der Waals surface area contributed by atoms with Crippen LogP contribution in [-0.4, -0.2) is 31.3 Å². The van der Waals surface area contributed by atoms with Crippen LogP contribution in [0, 0.1) is 11.8 Å². The lowest BCUT2D eigenvalue weighted by Gasteiger charge is -2.26. The van der Waals surface area contributed by atoms with Crippen LogP contribution in [0.1, 0.15) is 51.4 Å². The van der Waals surface area contributed by atoms with E-state index < -0.39 is 5.97 Å². The zero-order chi connectivity index (χ0) is 13.1. The van der Waals surface area contributed by atoms with Gasteiger partial charge in [0.05, 0.1) is 12.5 Å². The first kappa shape index (κ1) is 13.0. The van der Waals surface area contributed by atoms with Gasteiger partial charge in [0.15, 0.2) is 5.82 Å². The van der Waals surface area contributed by atoms with Crippen LogP contribution >= 0.6 is 0 Å². The van der Waals surface area contributed by atoms with Gasteiger partial charge in [-0.05, 0) is 22.3 Å². The van der Waals surface area contributed by atoms with Crippen LogP contribution in [0.3, 0.4) is 0 Å². The number of rotatable bonds is 6. The lowest BCUT2D eigenvalue weighted by Crippen LogP contribution is -2.24. The highest BCUT2D eigenvalue weighted by Gasteiger charge is 2.26. The van der Waals surface area contributed by atoms with Gasteiger partial charge in [0.1, 0.15) is 0 Å². The summed E-state index contributed by atoms with van der Waals surface area (Å²) in [6.07, 6.45) is 4.70. The van der Waals surface area contributed by atoms with Gasteiger partial charge in [0.2, 0.25) is 0 Å². The van der Waals surface area contributed by atoms with E-state index in [9.17, 15) is 4.79 Å². The van der Waals surface area contributed by atoms with Crippen molar-refractivity contribution in [3.8, 4) is 0 Å². The maximum atomic E-state index is 10.9. The normalized spacial score (nSPS) is 17.7. The van der Waals surface area contributed by atoms with Crippen molar-refractivity contribution < 1.29 is 9.90 Å². The third-order valence-corrected chi connectivity index (χ3v) is 3.72. The molecule has 0 aliphatic heterocycles. The number of hydrogen-bond acceptors (Lipinski definition) is 4. The Hall–Kier alpha value is -1.46. The topological polar surface area (TPSA) is 80.9 Å². The Kier molecular flexibility index (Phi) is 3.93. The number of nitrogens with zero attached hydrogens (tertiary/aromatic N) is 4. The average molecular weight is 252 g/mol. The van der Waals surface area contributed by atoms with E-state index in [1.165, 1.54) is 19.3 Å². The molecular formula is C12H20N4O2. The zero-order valence-electron chi connectivity index (χ0n) is 10.9. The molecule has 1 aromatic heterocycles. The molecule has 6 nitrogen and oxygen atoms in total. The molecule has 0 saturated heterocycles. The molecule has 0 aromatic carbocycles. The average Bonchev–Trinajstić information content (AvgIpc) is 2.67. The summed E-state index contributed by atoms with van der Waals surface area (Å²) < 4.78 is 1.72. The number of tetrazole rings is 1. The number of aromatic nitrogens is 4. The monoisotopic (exact) mass is 252 g/mol. The molecule has 1 atom stereocenters. The second-order valence-corrected chi connectivity index (χ2v) is 5.45. The van der Waals surface area contributed by atoms with Crippen LogP contribution < -0.4 is 0 Å². The Morgan fingerprint density at radius 2 is 2.22 bits per heavy atom. The standard InChI is InChI=1S/C12H20N4O2/c1-8(2)10(7-12(17)18)16-11(13-14-15-16)6-9-4-3-5-9/h8-10H,3-7H2,1-2H3,(H,17,18). The summed E-state index contributed by atoms with van der Waals surface area (Å²) in [7, 11) is 0. The van der Waals surface area contributed by atoms with Crippen LogP contribution in [-0.2, 0) is 11.2 Å². The minimum Gasteiger partial charge on any atom is -0.481 e. The first-order valence-electron chi connectivity index (χ1n) is 6.56. The van der Waals surface area contributed by atoms with Crippen molar-refractivity contribution in [3.05, 3.63) is 5.82 Å². The summed E-state index contributed by atoms with van der Waals surface area (Å²) in [5.74, 6) is 0.899. The molecule has 1 unspecified atom stereocenters. The second kappa shape index (κ2) is 5.46. The van der Waals surface area contributed by atoms with E-state index >= 15 is 0 Å². The molecule has 0 spiro atoms. The first-order chi connectivity index (χ1) is 8.58. The van der Waals surface area contributed by atoms with Gasteiger partial charge in [-0.2, -0.15) is 0 Å². The Balaban J connectivity index is 2.13. The van der Waals surface area contributed by atoms with Crippen LogP contribution in [0.4, 0.5) is 0 Å². The van der Waals surface area contributed by atoms with Gasteiger partial charge >= 0.3 is 5.97 Å². The molecule has 1 fully saturated rings. The summed E-state index contributed by atoms with van der Waals surface area (Å²) in [6, 6.07) is -0.160. The fourth-order valence-electron chi connectivity index (χ4n) is 2.34.